The SMILES string of the molecule is CCC(COC(=O)N1CCN(c2nc(C3CCCCC3)c3c(c2C#N)CCOC3)CC1C(=O)O)OC. The van der Waals surface area contributed by atoms with Gasteiger partial charge in [0, 0.05) is 31.7 Å². The number of ether oxygens (including phenoxy) is 3. The van der Waals surface area contributed by atoms with E-state index in [9.17, 15) is 20.0 Å². The van der Waals surface area contributed by atoms with E-state index in [-0.39, 0.29) is 25.8 Å². The number of piperazine rings is 1. The van der Waals surface area contributed by atoms with Gasteiger partial charge in [0.2, 0.25) is 0 Å². The number of carbonyl (C=O) groups is 2. The molecule has 4 rings (SSSR count). The third-order valence-electron chi connectivity index (χ3n) is 7.65. The van der Waals surface area contributed by atoms with Gasteiger partial charge >= 0.3 is 12.1 Å². The molecule has 196 valence electrons. The number of carbonyl (C=O) groups excluding carboxylic acids is 1. The molecule has 0 spiro atoms. The number of pyridine rings is 1. The van der Waals surface area contributed by atoms with E-state index in [1.54, 1.807) is 7.11 Å². The van der Waals surface area contributed by atoms with Crippen LogP contribution in [0.15, 0.2) is 0 Å². The van der Waals surface area contributed by atoms with Crippen molar-refractivity contribution in [3.8, 4) is 6.07 Å². The van der Waals surface area contributed by atoms with E-state index < -0.39 is 18.1 Å². The molecule has 2 fully saturated rings. The zero-order valence-electron chi connectivity index (χ0n) is 21.2. The van der Waals surface area contributed by atoms with E-state index in [0.29, 0.717) is 49.9 Å². The van der Waals surface area contributed by atoms with E-state index >= 15 is 0 Å². The van der Waals surface area contributed by atoms with Gasteiger partial charge in [0.05, 0.1) is 37.1 Å². The van der Waals surface area contributed by atoms with Crippen molar-refractivity contribution in [2.75, 3.05) is 44.9 Å². The van der Waals surface area contributed by atoms with Gasteiger partial charge in [0.1, 0.15) is 24.5 Å². The maximum Gasteiger partial charge on any atom is 0.410 e. The largest absolute Gasteiger partial charge is 0.480 e. The Hall–Kier alpha value is -2.90. The summed E-state index contributed by atoms with van der Waals surface area (Å²) in [6.45, 7) is 3.55. The van der Waals surface area contributed by atoms with Crippen molar-refractivity contribution in [3.63, 3.8) is 0 Å². The Bertz CT molecular complexity index is 999. The molecule has 36 heavy (non-hydrogen) atoms. The molecule has 0 aromatic carbocycles. The Morgan fingerprint density at radius 2 is 2.03 bits per heavy atom. The van der Waals surface area contributed by atoms with Gasteiger partial charge in [0.15, 0.2) is 0 Å². The number of carboxylic acids is 1. The first-order valence-corrected chi connectivity index (χ1v) is 13.0. The number of aromatic nitrogens is 1. The Labute approximate surface area is 212 Å². The monoisotopic (exact) mass is 500 g/mol. The molecule has 2 atom stereocenters. The van der Waals surface area contributed by atoms with E-state index in [1.807, 2.05) is 11.8 Å². The summed E-state index contributed by atoms with van der Waals surface area (Å²) < 4.78 is 16.4. The molecule has 2 aliphatic heterocycles. The summed E-state index contributed by atoms with van der Waals surface area (Å²) in [5.41, 5.74) is 3.51. The first-order valence-electron chi connectivity index (χ1n) is 13.0. The van der Waals surface area contributed by atoms with E-state index in [1.165, 1.54) is 11.3 Å². The molecule has 1 aliphatic carbocycles. The number of hydrogen-bond donors (Lipinski definition) is 1. The normalized spacial score (nSPS) is 21.4. The molecule has 2 unspecified atom stereocenters. The van der Waals surface area contributed by atoms with Gasteiger partial charge in [-0.3, -0.25) is 4.90 Å². The number of hydrogen-bond acceptors (Lipinski definition) is 8. The number of aliphatic carboxylic acids is 1. The van der Waals surface area contributed by atoms with Crippen LogP contribution in [-0.2, 0) is 32.0 Å². The molecule has 1 aromatic rings. The number of nitriles is 1. The zero-order chi connectivity index (χ0) is 25.7. The predicted octanol–water partition coefficient (Wildman–Crippen LogP) is 3.21. The summed E-state index contributed by atoms with van der Waals surface area (Å²) in [5.74, 6) is -0.268. The van der Waals surface area contributed by atoms with Crippen molar-refractivity contribution >= 4 is 17.9 Å². The smallest absolute Gasteiger partial charge is 0.410 e. The second-order valence-electron chi connectivity index (χ2n) is 9.74. The average Bonchev–Trinajstić information content (AvgIpc) is 2.92. The van der Waals surface area contributed by atoms with Crippen molar-refractivity contribution in [2.24, 2.45) is 0 Å². The quantitative estimate of drug-likeness (QED) is 0.601. The van der Waals surface area contributed by atoms with E-state index in [0.717, 1.165) is 42.5 Å². The van der Waals surface area contributed by atoms with Crippen molar-refractivity contribution in [3.05, 3.63) is 22.4 Å². The van der Waals surface area contributed by atoms with Crippen LogP contribution in [0.1, 0.15) is 73.8 Å². The molecule has 10 nitrogen and oxygen atoms in total. The third kappa shape index (κ3) is 5.42. The van der Waals surface area contributed by atoms with Gasteiger partial charge in [-0.1, -0.05) is 26.2 Å². The Morgan fingerprint density at radius 1 is 1.25 bits per heavy atom. The van der Waals surface area contributed by atoms with Gasteiger partial charge < -0.3 is 24.2 Å². The summed E-state index contributed by atoms with van der Waals surface area (Å²) >= 11 is 0. The molecule has 3 heterocycles. The molecule has 10 heteroatoms. The number of anilines is 1. The molecule has 0 bridgehead atoms. The van der Waals surface area contributed by atoms with Crippen molar-refractivity contribution in [1.29, 1.82) is 5.26 Å². The summed E-state index contributed by atoms with van der Waals surface area (Å²) in [7, 11) is 1.55. The van der Waals surface area contributed by atoms with Crippen LogP contribution in [0.4, 0.5) is 10.6 Å². The minimum Gasteiger partial charge on any atom is -0.480 e. The lowest BCUT2D eigenvalue weighted by molar-refractivity contribution is -0.143. The lowest BCUT2D eigenvalue weighted by Gasteiger charge is -2.40. The summed E-state index contributed by atoms with van der Waals surface area (Å²) in [4.78, 5) is 33.1. The molecule has 1 amide bonds. The number of rotatable bonds is 7. The Kier molecular flexibility index (Phi) is 8.64. The standard InChI is InChI=1S/C26H36N4O6/c1-3-18(34-2)15-36-26(33)30-11-10-29(14-22(30)25(31)32)24-20(13-27)19-9-12-35-16-21(19)23(28-24)17-7-5-4-6-8-17/h17-18,22H,3-12,14-16H2,1-2H3,(H,31,32). The highest BCUT2D eigenvalue weighted by molar-refractivity contribution is 5.81. The molecular weight excluding hydrogens is 464 g/mol. The highest BCUT2D eigenvalue weighted by Crippen LogP contribution is 2.39. The number of methoxy groups -OCH3 is 1. The highest BCUT2D eigenvalue weighted by Gasteiger charge is 2.39. The first-order chi connectivity index (χ1) is 17.5. The van der Waals surface area contributed by atoms with Crippen LogP contribution in [-0.4, -0.2) is 79.2 Å². The van der Waals surface area contributed by atoms with Crippen LogP contribution in [0.2, 0.25) is 0 Å². The fourth-order valence-electron chi connectivity index (χ4n) is 5.53. The molecule has 0 radical (unpaired) electrons. The fourth-order valence-corrected chi connectivity index (χ4v) is 5.53. The lowest BCUT2D eigenvalue weighted by atomic mass is 9.82. The molecule has 1 aromatic heterocycles. The summed E-state index contributed by atoms with van der Waals surface area (Å²) in [6.07, 6.45) is 6.05. The van der Waals surface area contributed by atoms with Crippen LogP contribution in [0.5, 0.6) is 0 Å². The minimum atomic E-state index is -1.12. The van der Waals surface area contributed by atoms with Crippen LogP contribution >= 0.6 is 0 Å². The summed E-state index contributed by atoms with van der Waals surface area (Å²) in [6, 6.07) is 1.24. The zero-order valence-corrected chi connectivity index (χ0v) is 21.2. The topological polar surface area (TPSA) is 125 Å². The lowest BCUT2D eigenvalue weighted by Crippen LogP contribution is -2.59. The summed E-state index contributed by atoms with van der Waals surface area (Å²) in [5, 5.41) is 20.1. The van der Waals surface area contributed by atoms with Gasteiger partial charge in [-0.05, 0) is 31.2 Å². The number of carboxylic acid groups (broad SMARTS) is 1. The maximum absolute atomic E-state index is 12.8. The molecule has 1 saturated heterocycles. The maximum atomic E-state index is 12.8. The molecule has 3 aliphatic rings. The Morgan fingerprint density at radius 3 is 2.69 bits per heavy atom. The van der Waals surface area contributed by atoms with Crippen molar-refractivity contribution < 1.29 is 28.9 Å². The Balaban J connectivity index is 1.61. The van der Waals surface area contributed by atoms with Gasteiger partial charge in [-0.15, -0.1) is 0 Å². The van der Waals surface area contributed by atoms with Crippen LogP contribution < -0.4 is 4.90 Å². The number of nitrogens with zero attached hydrogens (tertiary/aromatic N) is 4. The molecular formula is C26H36N4O6. The number of fused-ring (bicyclic) bond motifs is 1. The fraction of sp³-hybridized carbons (Fsp3) is 0.692. The van der Waals surface area contributed by atoms with E-state index in [4.69, 9.17) is 19.2 Å². The van der Waals surface area contributed by atoms with Crippen molar-refractivity contribution in [1.82, 2.24) is 9.88 Å². The van der Waals surface area contributed by atoms with Crippen LogP contribution in [0.3, 0.4) is 0 Å². The highest BCUT2D eigenvalue weighted by atomic mass is 16.6. The predicted molar refractivity (Wildman–Crippen MR) is 131 cm³/mol. The van der Waals surface area contributed by atoms with E-state index in [2.05, 4.69) is 6.07 Å². The van der Waals surface area contributed by atoms with Gasteiger partial charge in [0.25, 0.3) is 0 Å². The van der Waals surface area contributed by atoms with Crippen LogP contribution in [0, 0.1) is 11.3 Å². The minimum absolute atomic E-state index is 0.0347. The van der Waals surface area contributed by atoms with Crippen LogP contribution in [0.25, 0.3) is 0 Å². The second-order valence-corrected chi connectivity index (χ2v) is 9.74. The average molecular weight is 501 g/mol. The molecule has 1 saturated carbocycles. The van der Waals surface area contributed by atoms with Crippen molar-refractivity contribution in [2.45, 2.75) is 76.5 Å². The number of amides is 1. The van der Waals surface area contributed by atoms with Gasteiger partial charge in [-0.2, -0.15) is 5.26 Å². The third-order valence-corrected chi connectivity index (χ3v) is 7.65. The molecule has 1 N–H and O–H groups in total. The first kappa shape index (κ1) is 26.2. The van der Waals surface area contributed by atoms with Gasteiger partial charge in [-0.25, -0.2) is 14.6 Å². The second kappa shape index (κ2) is 11.9.